The number of amides is 1. The Hall–Kier alpha value is -1.96. The van der Waals surface area contributed by atoms with E-state index in [1.807, 2.05) is 40.1 Å². The number of nitrogens with zero attached hydrogens (tertiary/aromatic N) is 5. The topological polar surface area (TPSA) is 54.3 Å². The van der Waals surface area contributed by atoms with E-state index in [4.69, 9.17) is 16.6 Å². The van der Waals surface area contributed by atoms with Gasteiger partial charge in [0, 0.05) is 13.6 Å². The molecule has 0 saturated heterocycles. The molecular weight excluding hydrogens is 382 g/mol. The van der Waals surface area contributed by atoms with Gasteiger partial charge in [0.1, 0.15) is 5.69 Å². The van der Waals surface area contributed by atoms with Crippen LogP contribution >= 0.6 is 22.9 Å². The van der Waals surface area contributed by atoms with Gasteiger partial charge in [-0.2, -0.15) is 5.10 Å². The fourth-order valence-electron chi connectivity index (χ4n) is 3.02. The highest BCUT2D eigenvalue weighted by molar-refractivity contribution is 7.23. The second-order valence-corrected chi connectivity index (χ2v) is 8.34. The van der Waals surface area contributed by atoms with Gasteiger partial charge in [-0.05, 0) is 58.1 Å². The molecule has 27 heavy (non-hydrogen) atoms. The summed E-state index contributed by atoms with van der Waals surface area (Å²) in [4.78, 5) is 22.0. The Morgan fingerprint density at radius 2 is 1.96 bits per heavy atom. The first-order valence-electron chi connectivity index (χ1n) is 8.80. The molecule has 0 bridgehead atoms. The van der Waals surface area contributed by atoms with E-state index in [2.05, 4.69) is 10.00 Å². The average molecular weight is 406 g/mol. The van der Waals surface area contributed by atoms with E-state index in [1.54, 1.807) is 22.8 Å². The molecule has 2 heterocycles. The lowest BCUT2D eigenvalue weighted by atomic mass is 10.2. The number of thiazole rings is 1. The van der Waals surface area contributed by atoms with E-state index >= 15 is 0 Å². The van der Waals surface area contributed by atoms with Crippen LogP contribution in [0.5, 0.6) is 0 Å². The Morgan fingerprint density at radius 1 is 1.22 bits per heavy atom. The molecule has 0 fully saturated rings. The van der Waals surface area contributed by atoms with E-state index in [0.717, 1.165) is 34.3 Å². The van der Waals surface area contributed by atoms with Gasteiger partial charge in [0.2, 0.25) is 0 Å². The zero-order chi connectivity index (χ0) is 19.7. The van der Waals surface area contributed by atoms with Gasteiger partial charge in [-0.15, -0.1) is 0 Å². The molecule has 3 rings (SSSR count). The summed E-state index contributed by atoms with van der Waals surface area (Å²) < 4.78 is 2.54. The summed E-state index contributed by atoms with van der Waals surface area (Å²) in [5.74, 6) is -0.0842. The smallest absolute Gasteiger partial charge is 0.278 e. The van der Waals surface area contributed by atoms with Gasteiger partial charge in [-0.1, -0.05) is 29.0 Å². The van der Waals surface area contributed by atoms with Gasteiger partial charge in [-0.3, -0.25) is 14.4 Å². The summed E-state index contributed by atoms with van der Waals surface area (Å²) in [7, 11) is 5.84. The Balaban J connectivity index is 2.03. The lowest BCUT2D eigenvalue weighted by Gasteiger charge is -2.21. The predicted molar refractivity (Wildman–Crippen MR) is 112 cm³/mol. The van der Waals surface area contributed by atoms with Crippen molar-refractivity contribution in [1.82, 2.24) is 19.7 Å². The average Bonchev–Trinajstić information content (AvgIpc) is 3.19. The number of aryl methyl sites for hydroxylation is 3. The van der Waals surface area contributed by atoms with Crippen molar-refractivity contribution in [3.8, 4) is 0 Å². The van der Waals surface area contributed by atoms with Crippen molar-refractivity contribution in [3.05, 3.63) is 40.2 Å². The van der Waals surface area contributed by atoms with Crippen molar-refractivity contribution in [2.45, 2.75) is 20.3 Å². The first-order chi connectivity index (χ1) is 12.8. The molecule has 3 aromatic rings. The fraction of sp³-hybridized carbons (Fsp3) is 0.421. The quantitative estimate of drug-likeness (QED) is 0.624. The Morgan fingerprint density at radius 3 is 2.56 bits per heavy atom. The minimum Gasteiger partial charge on any atom is -0.309 e. The molecule has 0 radical (unpaired) electrons. The van der Waals surface area contributed by atoms with Crippen LogP contribution in [0.1, 0.15) is 28.0 Å². The van der Waals surface area contributed by atoms with Gasteiger partial charge in [0.25, 0.3) is 5.91 Å². The molecule has 2 aromatic heterocycles. The van der Waals surface area contributed by atoms with Crippen LogP contribution in [-0.4, -0.2) is 52.8 Å². The number of hydrogen-bond donors (Lipinski definition) is 0. The van der Waals surface area contributed by atoms with Crippen LogP contribution in [0, 0.1) is 13.8 Å². The summed E-state index contributed by atoms with van der Waals surface area (Å²) in [6.45, 7) is 5.38. The molecule has 1 aromatic carbocycles. The van der Waals surface area contributed by atoms with E-state index in [-0.39, 0.29) is 5.91 Å². The minimum atomic E-state index is -0.0842. The third-order valence-corrected chi connectivity index (χ3v) is 6.01. The fourth-order valence-corrected chi connectivity index (χ4v) is 4.36. The van der Waals surface area contributed by atoms with Gasteiger partial charge in [0.15, 0.2) is 5.13 Å². The standard InChI is InChI=1S/C19H24ClN5OS/c1-12-7-8-14(20)17-15(12)22-19(27-17)25(10-6-9-23(3)4)18(26)16-13(2)11-21-24(16)5/h7-8,11H,6,9-10H2,1-5H3. The van der Waals surface area contributed by atoms with E-state index in [0.29, 0.717) is 22.4 Å². The van der Waals surface area contributed by atoms with Gasteiger partial charge in [0.05, 0.1) is 21.4 Å². The Labute approximate surface area is 168 Å². The SMILES string of the molecule is Cc1cnn(C)c1C(=O)N(CCCN(C)C)c1nc2c(C)ccc(Cl)c2s1. The zero-order valence-electron chi connectivity index (χ0n) is 16.3. The van der Waals surface area contributed by atoms with Crippen molar-refractivity contribution in [2.75, 3.05) is 32.1 Å². The molecule has 0 N–H and O–H groups in total. The first kappa shape index (κ1) is 19.8. The van der Waals surface area contributed by atoms with Crippen LogP contribution in [0.15, 0.2) is 18.3 Å². The normalized spacial score (nSPS) is 11.5. The van der Waals surface area contributed by atoms with Crippen LogP contribution in [0.4, 0.5) is 5.13 Å². The second kappa shape index (κ2) is 7.96. The first-order valence-corrected chi connectivity index (χ1v) is 10.00. The highest BCUT2D eigenvalue weighted by Crippen LogP contribution is 2.36. The van der Waals surface area contributed by atoms with Crippen LogP contribution in [0.3, 0.4) is 0 Å². The number of benzene rings is 1. The Bertz CT molecular complexity index is 920. The van der Waals surface area contributed by atoms with E-state index in [1.165, 1.54) is 11.3 Å². The molecule has 0 atom stereocenters. The third-order valence-electron chi connectivity index (χ3n) is 4.47. The number of fused-ring (bicyclic) bond motifs is 1. The molecule has 144 valence electrons. The molecule has 0 saturated carbocycles. The molecule has 6 nitrogen and oxygen atoms in total. The molecule has 1 amide bonds. The van der Waals surface area contributed by atoms with Crippen molar-refractivity contribution in [1.29, 1.82) is 0 Å². The highest BCUT2D eigenvalue weighted by atomic mass is 35.5. The third kappa shape index (κ3) is 4.00. The highest BCUT2D eigenvalue weighted by Gasteiger charge is 2.25. The van der Waals surface area contributed by atoms with Crippen LogP contribution in [-0.2, 0) is 7.05 Å². The maximum Gasteiger partial charge on any atom is 0.278 e. The summed E-state index contributed by atoms with van der Waals surface area (Å²) in [6.07, 6.45) is 2.56. The molecule has 0 aliphatic rings. The monoisotopic (exact) mass is 405 g/mol. The van der Waals surface area contributed by atoms with Crippen molar-refractivity contribution >= 4 is 44.2 Å². The molecule has 0 aliphatic carbocycles. The van der Waals surface area contributed by atoms with Crippen LogP contribution in [0.2, 0.25) is 5.02 Å². The summed E-state index contributed by atoms with van der Waals surface area (Å²) in [6, 6.07) is 3.84. The summed E-state index contributed by atoms with van der Waals surface area (Å²) in [5, 5.41) is 5.55. The second-order valence-electron chi connectivity index (χ2n) is 6.95. The van der Waals surface area contributed by atoms with Crippen molar-refractivity contribution < 1.29 is 4.79 Å². The zero-order valence-corrected chi connectivity index (χ0v) is 17.9. The van der Waals surface area contributed by atoms with E-state index in [9.17, 15) is 4.79 Å². The number of aromatic nitrogens is 3. The lowest BCUT2D eigenvalue weighted by molar-refractivity contribution is 0.0976. The Kier molecular flexibility index (Phi) is 5.83. The summed E-state index contributed by atoms with van der Waals surface area (Å²) in [5.41, 5.74) is 3.35. The molecule has 0 aliphatic heterocycles. The maximum absolute atomic E-state index is 13.4. The number of halogens is 1. The van der Waals surface area contributed by atoms with E-state index < -0.39 is 0 Å². The minimum absolute atomic E-state index is 0.0842. The number of hydrogen-bond acceptors (Lipinski definition) is 5. The largest absolute Gasteiger partial charge is 0.309 e. The van der Waals surface area contributed by atoms with Crippen LogP contribution in [0.25, 0.3) is 10.2 Å². The number of carbonyl (C=O) groups excluding carboxylic acids is 1. The van der Waals surface area contributed by atoms with Gasteiger partial charge >= 0.3 is 0 Å². The van der Waals surface area contributed by atoms with Crippen molar-refractivity contribution in [2.24, 2.45) is 7.05 Å². The summed E-state index contributed by atoms with van der Waals surface area (Å²) >= 11 is 7.83. The number of rotatable bonds is 6. The molecule has 8 heteroatoms. The van der Waals surface area contributed by atoms with Crippen molar-refractivity contribution in [3.63, 3.8) is 0 Å². The molecule has 0 unspecified atom stereocenters. The molecular formula is C19H24ClN5OS. The number of anilines is 1. The van der Waals surface area contributed by atoms with Gasteiger partial charge < -0.3 is 4.90 Å². The number of carbonyl (C=O) groups is 1. The maximum atomic E-state index is 13.4. The van der Waals surface area contributed by atoms with Gasteiger partial charge in [-0.25, -0.2) is 4.98 Å². The predicted octanol–water partition coefficient (Wildman–Crippen LogP) is 3.90. The lowest BCUT2D eigenvalue weighted by Crippen LogP contribution is -2.35. The molecule has 0 spiro atoms. The van der Waals surface area contributed by atoms with Crippen LogP contribution < -0.4 is 4.90 Å².